The van der Waals surface area contributed by atoms with Crippen LogP contribution in [-0.2, 0) is 11.3 Å². The number of hydrogen-bond acceptors (Lipinski definition) is 5. The number of anilines is 1. The van der Waals surface area contributed by atoms with E-state index in [1.807, 2.05) is 24.4 Å². The average Bonchev–Trinajstić information content (AvgIpc) is 3.09. The van der Waals surface area contributed by atoms with Gasteiger partial charge in [-0.1, -0.05) is 31.7 Å². The molecule has 6 heteroatoms. The maximum absolute atomic E-state index is 12.0. The van der Waals surface area contributed by atoms with Gasteiger partial charge in [0.15, 0.2) is 5.78 Å². The molecule has 0 unspecified atom stereocenters. The Kier molecular flexibility index (Phi) is 4.35. The highest BCUT2D eigenvalue weighted by Crippen LogP contribution is 2.45. The van der Waals surface area contributed by atoms with Crippen LogP contribution in [0.5, 0.6) is 0 Å². The summed E-state index contributed by atoms with van der Waals surface area (Å²) >= 11 is 0. The van der Waals surface area contributed by atoms with Gasteiger partial charge < -0.3 is 10.3 Å². The summed E-state index contributed by atoms with van der Waals surface area (Å²) in [6.07, 6.45) is 6.26. The van der Waals surface area contributed by atoms with Crippen molar-refractivity contribution in [1.82, 2.24) is 19.5 Å². The quantitative estimate of drug-likeness (QED) is 0.513. The van der Waals surface area contributed by atoms with E-state index in [0.717, 1.165) is 46.0 Å². The first-order chi connectivity index (χ1) is 14.6. The van der Waals surface area contributed by atoms with Gasteiger partial charge in [-0.2, -0.15) is 0 Å². The van der Waals surface area contributed by atoms with Crippen LogP contribution < -0.4 is 5.73 Å². The second-order valence-electron chi connectivity index (χ2n) is 8.12. The monoisotopic (exact) mass is 397 g/mol. The van der Waals surface area contributed by atoms with Gasteiger partial charge in [-0.15, -0.1) is 0 Å². The molecule has 0 saturated carbocycles. The molecule has 2 atom stereocenters. The summed E-state index contributed by atoms with van der Waals surface area (Å²) < 4.78 is 2.23. The first-order valence-electron chi connectivity index (χ1n) is 10.2. The van der Waals surface area contributed by atoms with Crippen LogP contribution in [0.15, 0.2) is 55.5 Å². The van der Waals surface area contributed by atoms with Crippen molar-refractivity contribution in [3.05, 3.63) is 61.2 Å². The number of aromatic nitrogens is 4. The number of rotatable bonds is 4. The van der Waals surface area contributed by atoms with Gasteiger partial charge in [0.25, 0.3) is 0 Å². The minimum absolute atomic E-state index is 0.0835. The summed E-state index contributed by atoms with van der Waals surface area (Å²) in [6, 6.07) is 10.2. The first-order valence-corrected chi connectivity index (χ1v) is 10.2. The maximum atomic E-state index is 12.0. The molecule has 2 N–H and O–H groups in total. The van der Waals surface area contributed by atoms with E-state index in [4.69, 9.17) is 5.73 Å². The van der Waals surface area contributed by atoms with E-state index in [1.54, 1.807) is 0 Å². The summed E-state index contributed by atoms with van der Waals surface area (Å²) in [4.78, 5) is 25.5. The second kappa shape index (κ2) is 7.06. The molecule has 150 valence electrons. The summed E-state index contributed by atoms with van der Waals surface area (Å²) in [6.45, 7) is 6.55. The molecule has 4 aromatic rings. The summed E-state index contributed by atoms with van der Waals surface area (Å²) in [5, 5.41) is 1.95. The molecule has 0 saturated heterocycles. The molecule has 3 aromatic heterocycles. The number of allylic oxidation sites excluding steroid dienone is 1. The molecule has 0 bridgehead atoms. The number of fused-ring (bicyclic) bond motifs is 4. The summed E-state index contributed by atoms with van der Waals surface area (Å²) in [7, 11) is 0. The average molecular weight is 397 g/mol. The Balaban J connectivity index is 1.74. The molecule has 4 heterocycles. The Morgan fingerprint density at radius 1 is 1.30 bits per heavy atom. The van der Waals surface area contributed by atoms with E-state index in [2.05, 4.69) is 45.2 Å². The molecular formula is C24H23N5O. The number of carbonyl (C=O) groups is 1. The number of ketones is 1. The fourth-order valence-corrected chi connectivity index (χ4v) is 4.87. The number of pyridine rings is 1. The fraction of sp³-hybridized carbons (Fsp3) is 0.250. The number of nitrogens with zero attached hydrogens (tertiary/aromatic N) is 4. The van der Waals surface area contributed by atoms with Gasteiger partial charge in [0.1, 0.15) is 17.8 Å². The van der Waals surface area contributed by atoms with Crippen molar-refractivity contribution in [3.8, 4) is 11.1 Å². The molecule has 0 amide bonds. The highest BCUT2D eigenvalue weighted by molar-refractivity contribution is 6.03. The second-order valence-corrected chi connectivity index (χ2v) is 8.12. The molecule has 1 aromatic carbocycles. The third-order valence-corrected chi connectivity index (χ3v) is 6.10. The van der Waals surface area contributed by atoms with E-state index in [1.165, 1.54) is 18.1 Å². The fourth-order valence-electron chi connectivity index (χ4n) is 4.87. The molecule has 0 aliphatic carbocycles. The van der Waals surface area contributed by atoms with Crippen molar-refractivity contribution in [2.24, 2.45) is 5.92 Å². The van der Waals surface area contributed by atoms with Gasteiger partial charge in [0.05, 0.1) is 10.9 Å². The van der Waals surface area contributed by atoms with Crippen molar-refractivity contribution in [2.75, 3.05) is 5.73 Å². The minimum Gasteiger partial charge on any atom is -0.383 e. The lowest BCUT2D eigenvalue weighted by Gasteiger charge is -2.30. The number of nitrogens with two attached hydrogens (primary N) is 1. The zero-order chi connectivity index (χ0) is 20.8. The van der Waals surface area contributed by atoms with E-state index in [9.17, 15) is 4.79 Å². The Hall–Kier alpha value is -3.54. The van der Waals surface area contributed by atoms with Crippen molar-refractivity contribution < 1.29 is 4.79 Å². The van der Waals surface area contributed by atoms with Gasteiger partial charge in [-0.25, -0.2) is 9.97 Å². The van der Waals surface area contributed by atoms with Crippen molar-refractivity contribution in [3.63, 3.8) is 0 Å². The number of benzene rings is 1. The Labute approximate surface area is 174 Å². The molecule has 30 heavy (non-hydrogen) atoms. The van der Waals surface area contributed by atoms with Crippen LogP contribution in [-0.4, -0.2) is 25.3 Å². The van der Waals surface area contributed by atoms with Crippen LogP contribution in [0.4, 0.5) is 5.82 Å². The van der Waals surface area contributed by atoms with Crippen LogP contribution in [0.1, 0.15) is 31.4 Å². The number of nitrogen functional groups attached to an aromatic ring is 1. The number of carbonyl (C=O) groups excluding carboxylic acids is 1. The summed E-state index contributed by atoms with van der Waals surface area (Å²) in [5.41, 5.74) is 11.4. The Bertz CT molecular complexity index is 1310. The lowest BCUT2D eigenvalue weighted by atomic mass is 9.84. The Morgan fingerprint density at radius 3 is 2.97 bits per heavy atom. The van der Waals surface area contributed by atoms with E-state index >= 15 is 0 Å². The molecule has 1 aliphatic heterocycles. The summed E-state index contributed by atoms with van der Waals surface area (Å²) in [5.74, 6) is 1.04. The smallest absolute Gasteiger partial charge is 0.155 e. The van der Waals surface area contributed by atoms with Gasteiger partial charge in [-0.3, -0.25) is 9.78 Å². The SMILES string of the molecule is C=CC(=O)C[C@H]1C[C@@H](C)c2c(-c3cnc4ccccc4c3)c3c(N)ncnc3n2C1. The topological polar surface area (TPSA) is 86.7 Å². The Morgan fingerprint density at radius 2 is 2.13 bits per heavy atom. The highest BCUT2D eigenvalue weighted by atomic mass is 16.1. The van der Waals surface area contributed by atoms with Crippen LogP contribution in [0.3, 0.4) is 0 Å². The maximum Gasteiger partial charge on any atom is 0.155 e. The van der Waals surface area contributed by atoms with Crippen molar-refractivity contribution in [1.29, 1.82) is 0 Å². The molecule has 0 radical (unpaired) electrons. The predicted molar refractivity (Wildman–Crippen MR) is 119 cm³/mol. The third-order valence-electron chi connectivity index (χ3n) is 6.10. The molecular weight excluding hydrogens is 374 g/mol. The van der Waals surface area contributed by atoms with E-state index < -0.39 is 0 Å². The molecule has 5 rings (SSSR count). The largest absolute Gasteiger partial charge is 0.383 e. The van der Waals surface area contributed by atoms with Gasteiger partial charge in [-0.05, 0) is 36.5 Å². The van der Waals surface area contributed by atoms with E-state index in [-0.39, 0.29) is 17.6 Å². The van der Waals surface area contributed by atoms with Crippen molar-refractivity contribution >= 4 is 33.5 Å². The zero-order valence-corrected chi connectivity index (χ0v) is 16.9. The third kappa shape index (κ3) is 2.87. The first kappa shape index (κ1) is 18.5. The molecule has 1 aliphatic rings. The minimum atomic E-state index is 0.0835. The lowest BCUT2D eigenvalue weighted by molar-refractivity contribution is -0.115. The van der Waals surface area contributed by atoms with Crippen LogP contribution in [0.2, 0.25) is 0 Å². The van der Waals surface area contributed by atoms with Gasteiger partial charge in [0, 0.05) is 41.4 Å². The lowest BCUT2D eigenvalue weighted by Crippen LogP contribution is -2.24. The predicted octanol–water partition coefficient (Wildman–Crippen LogP) is 4.50. The number of para-hydroxylation sites is 1. The standard InChI is InChI=1S/C24H23N5O/c1-3-18(30)9-15-8-14(2)22-20(17-10-16-6-4-5-7-19(16)26-11-17)21-23(25)27-13-28-24(21)29(22)12-15/h3-7,10-11,13-15H,1,8-9,12H2,2H3,(H2,25,27,28)/t14-,15-/m1/s1. The van der Waals surface area contributed by atoms with Crippen LogP contribution >= 0.6 is 0 Å². The molecule has 6 nitrogen and oxygen atoms in total. The van der Waals surface area contributed by atoms with Gasteiger partial charge in [0.2, 0.25) is 0 Å². The van der Waals surface area contributed by atoms with Crippen LogP contribution in [0.25, 0.3) is 33.1 Å². The highest BCUT2D eigenvalue weighted by Gasteiger charge is 2.32. The number of hydrogen-bond donors (Lipinski definition) is 1. The molecule has 0 fully saturated rings. The normalized spacial score (nSPS) is 18.4. The van der Waals surface area contributed by atoms with Crippen LogP contribution in [0, 0.1) is 5.92 Å². The van der Waals surface area contributed by atoms with Gasteiger partial charge >= 0.3 is 0 Å². The van der Waals surface area contributed by atoms with E-state index in [0.29, 0.717) is 12.2 Å². The van der Waals surface area contributed by atoms with Crippen molar-refractivity contribution in [2.45, 2.75) is 32.2 Å². The zero-order valence-electron chi connectivity index (χ0n) is 16.9. The molecule has 0 spiro atoms.